The highest BCUT2D eigenvalue weighted by Crippen LogP contribution is 2.20. The number of carbonyl (C=O) groups excluding carboxylic acids is 2. The van der Waals surface area contributed by atoms with E-state index >= 15 is 0 Å². The number of hydrogen-bond acceptors (Lipinski definition) is 4. The van der Waals surface area contributed by atoms with Crippen molar-refractivity contribution in [2.45, 2.75) is 32.9 Å². The Hall–Kier alpha value is -2.21. The van der Waals surface area contributed by atoms with Crippen molar-refractivity contribution in [2.24, 2.45) is 0 Å². The molecule has 2 heterocycles. The zero-order valence-electron chi connectivity index (χ0n) is 13.9. The number of piperazine rings is 1. The van der Waals surface area contributed by atoms with Crippen molar-refractivity contribution in [2.75, 3.05) is 13.1 Å². The van der Waals surface area contributed by atoms with Crippen LogP contribution in [0.4, 0.5) is 0 Å². The van der Waals surface area contributed by atoms with Gasteiger partial charge in [0.15, 0.2) is 0 Å². The van der Waals surface area contributed by atoms with Gasteiger partial charge < -0.3 is 9.80 Å². The van der Waals surface area contributed by atoms with Crippen LogP contribution in [0.5, 0.6) is 0 Å². The number of carbonyl (C=O) groups is 2. The van der Waals surface area contributed by atoms with Gasteiger partial charge in [-0.3, -0.25) is 9.59 Å². The number of aryl methyl sites for hydroxylation is 1. The van der Waals surface area contributed by atoms with Crippen LogP contribution in [0.2, 0.25) is 0 Å². The average molecular weight is 343 g/mol. The molecule has 1 aliphatic rings. The Morgan fingerprint density at radius 2 is 2.00 bits per heavy atom. The van der Waals surface area contributed by atoms with Gasteiger partial charge in [0.2, 0.25) is 11.8 Å². The molecule has 5 nitrogen and oxygen atoms in total. The van der Waals surface area contributed by atoms with Crippen molar-refractivity contribution in [3.63, 3.8) is 0 Å². The van der Waals surface area contributed by atoms with Crippen LogP contribution in [-0.2, 0) is 22.6 Å². The summed E-state index contributed by atoms with van der Waals surface area (Å²) in [6, 6.07) is 9.60. The Bertz CT molecular complexity index is 729. The van der Waals surface area contributed by atoms with Crippen molar-refractivity contribution in [1.82, 2.24) is 14.8 Å². The SMILES string of the molecule is Cc1ncsc1CN1C(=O)CN(CCc2ccccc2)C(=O)[C@@H]1C. The third-order valence-corrected chi connectivity index (χ3v) is 5.37. The third kappa shape index (κ3) is 3.48. The number of amides is 2. The highest BCUT2D eigenvalue weighted by atomic mass is 32.1. The van der Waals surface area contributed by atoms with Crippen LogP contribution in [-0.4, -0.2) is 45.7 Å². The lowest BCUT2D eigenvalue weighted by atomic mass is 10.1. The lowest BCUT2D eigenvalue weighted by Gasteiger charge is -2.38. The first-order valence-corrected chi connectivity index (χ1v) is 8.95. The molecule has 126 valence electrons. The summed E-state index contributed by atoms with van der Waals surface area (Å²) >= 11 is 1.53. The average Bonchev–Trinajstić information content (AvgIpc) is 2.99. The molecular formula is C18H21N3O2S. The van der Waals surface area contributed by atoms with E-state index < -0.39 is 6.04 Å². The van der Waals surface area contributed by atoms with Gasteiger partial charge in [-0.2, -0.15) is 0 Å². The summed E-state index contributed by atoms with van der Waals surface area (Å²) in [5.74, 6) is 0.0238. The molecule has 2 aromatic rings. The summed E-state index contributed by atoms with van der Waals surface area (Å²) < 4.78 is 0. The Morgan fingerprint density at radius 1 is 1.25 bits per heavy atom. The maximum absolute atomic E-state index is 12.6. The zero-order valence-corrected chi connectivity index (χ0v) is 14.8. The first kappa shape index (κ1) is 16.6. The molecule has 1 atom stereocenters. The molecule has 2 amide bonds. The van der Waals surface area contributed by atoms with Gasteiger partial charge in [-0.15, -0.1) is 11.3 Å². The van der Waals surface area contributed by atoms with Crippen LogP contribution in [0.25, 0.3) is 0 Å². The Balaban J connectivity index is 1.64. The maximum Gasteiger partial charge on any atom is 0.245 e. The summed E-state index contributed by atoms with van der Waals surface area (Å²) in [6.45, 7) is 4.94. The largest absolute Gasteiger partial charge is 0.331 e. The second-order valence-electron chi connectivity index (χ2n) is 6.05. The van der Waals surface area contributed by atoms with Gasteiger partial charge in [0, 0.05) is 11.4 Å². The monoisotopic (exact) mass is 343 g/mol. The molecule has 1 aromatic carbocycles. The van der Waals surface area contributed by atoms with Gasteiger partial charge in [-0.25, -0.2) is 4.98 Å². The Morgan fingerprint density at radius 3 is 2.67 bits per heavy atom. The molecular weight excluding hydrogens is 322 g/mol. The molecule has 24 heavy (non-hydrogen) atoms. The molecule has 0 spiro atoms. The number of nitrogens with zero attached hydrogens (tertiary/aromatic N) is 3. The van der Waals surface area contributed by atoms with Crippen molar-refractivity contribution >= 4 is 23.2 Å². The minimum atomic E-state index is -0.427. The second-order valence-corrected chi connectivity index (χ2v) is 6.99. The van der Waals surface area contributed by atoms with E-state index in [-0.39, 0.29) is 18.4 Å². The van der Waals surface area contributed by atoms with Gasteiger partial charge in [0.05, 0.1) is 24.3 Å². The Labute approximate surface area is 145 Å². The van der Waals surface area contributed by atoms with E-state index in [0.29, 0.717) is 13.1 Å². The third-order valence-electron chi connectivity index (χ3n) is 4.46. The fraction of sp³-hybridized carbons (Fsp3) is 0.389. The summed E-state index contributed by atoms with van der Waals surface area (Å²) in [7, 11) is 0. The number of hydrogen-bond donors (Lipinski definition) is 0. The highest BCUT2D eigenvalue weighted by molar-refractivity contribution is 7.09. The first-order chi connectivity index (χ1) is 11.6. The van der Waals surface area contributed by atoms with Crippen LogP contribution < -0.4 is 0 Å². The topological polar surface area (TPSA) is 53.5 Å². The molecule has 1 aromatic heterocycles. The van der Waals surface area contributed by atoms with Gasteiger partial charge in [-0.1, -0.05) is 30.3 Å². The molecule has 0 unspecified atom stereocenters. The van der Waals surface area contributed by atoms with E-state index in [4.69, 9.17) is 0 Å². The minimum Gasteiger partial charge on any atom is -0.331 e. The van der Waals surface area contributed by atoms with E-state index in [2.05, 4.69) is 4.98 Å². The maximum atomic E-state index is 12.6. The highest BCUT2D eigenvalue weighted by Gasteiger charge is 2.36. The van der Waals surface area contributed by atoms with Crippen molar-refractivity contribution in [1.29, 1.82) is 0 Å². The van der Waals surface area contributed by atoms with E-state index in [1.54, 1.807) is 15.3 Å². The zero-order chi connectivity index (χ0) is 17.1. The van der Waals surface area contributed by atoms with Crippen LogP contribution in [0.3, 0.4) is 0 Å². The fourth-order valence-electron chi connectivity index (χ4n) is 2.90. The summed E-state index contributed by atoms with van der Waals surface area (Å²) in [5.41, 5.74) is 3.88. The van der Waals surface area contributed by atoms with Gasteiger partial charge in [-0.05, 0) is 25.8 Å². The molecule has 1 aliphatic heterocycles. The molecule has 0 radical (unpaired) electrons. The predicted molar refractivity (Wildman–Crippen MR) is 93.6 cm³/mol. The molecule has 3 rings (SSSR count). The molecule has 6 heteroatoms. The standard InChI is InChI=1S/C18H21N3O2S/c1-13-16(24-12-19-13)10-21-14(2)18(23)20(11-17(21)22)9-8-15-6-4-3-5-7-15/h3-7,12,14H,8-11H2,1-2H3/t14-/m0/s1. The number of benzene rings is 1. The van der Waals surface area contributed by atoms with Crippen molar-refractivity contribution in [3.8, 4) is 0 Å². The predicted octanol–water partition coefficient (Wildman–Crippen LogP) is 2.25. The van der Waals surface area contributed by atoms with Crippen LogP contribution in [0.1, 0.15) is 23.1 Å². The molecule has 0 aliphatic carbocycles. The summed E-state index contributed by atoms with van der Waals surface area (Å²) in [5, 5.41) is 0. The van der Waals surface area contributed by atoms with Gasteiger partial charge in [0.25, 0.3) is 0 Å². The van der Waals surface area contributed by atoms with Crippen LogP contribution in [0, 0.1) is 6.92 Å². The molecule has 0 N–H and O–H groups in total. The molecule has 0 bridgehead atoms. The Kier molecular flexibility index (Phi) is 4.94. The van der Waals surface area contributed by atoms with E-state index in [9.17, 15) is 9.59 Å². The van der Waals surface area contributed by atoms with Gasteiger partial charge in [0.1, 0.15) is 6.04 Å². The van der Waals surface area contributed by atoms with Crippen molar-refractivity contribution < 1.29 is 9.59 Å². The summed E-state index contributed by atoms with van der Waals surface area (Å²) in [4.78, 5) is 33.8. The number of rotatable bonds is 5. The second kappa shape index (κ2) is 7.13. The molecule has 0 saturated carbocycles. The number of aromatic nitrogens is 1. The van der Waals surface area contributed by atoms with Crippen LogP contribution in [0.15, 0.2) is 35.8 Å². The van der Waals surface area contributed by atoms with Gasteiger partial charge >= 0.3 is 0 Å². The lowest BCUT2D eigenvalue weighted by molar-refractivity contribution is -0.155. The van der Waals surface area contributed by atoms with E-state index in [1.807, 2.05) is 44.2 Å². The quantitative estimate of drug-likeness (QED) is 0.837. The lowest BCUT2D eigenvalue weighted by Crippen LogP contribution is -2.58. The smallest absolute Gasteiger partial charge is 0.245 e. The fourth-order valence-corrected chi connectivity index (χ4v) is 3.68. The number of thiazole rings is 1. The minimum absolute atomic E-state index is 0.00274. The first-order valence-electron chi connectivity index (χ1n) is 8.07. The van der Waals surface area contributed by atoms with E-state index in [1.165, 1.54) is 16.9 Å². The van der Waals surface area contributed by atoms with E-state index in [0.717, 1.165) is 17.0 Å². The van der Waals surface area contributed by atoms with Crippen LogP contribution >= 0.6 is 11.3 Å². The molecule has 1 fully saturated rings. The summed E-state index contributed by atoms with van der Waals surface area (Å²) in [6.07, 6.45) is 0.764. The van der Waals surface area contributed by atoms with Crippen molar-refractivity contribution in [3.05, 3.63) is 52.0 Å². The normalized spacial score (nSPS) is 18.3. The molecule has 1 saturated heterocycles.